The summed E-state index contributed by atoms with van der Waals surface area (Å²) in [7, 11) is 0. The molecular formula is C16H17NS2. The second-order valence-corrected chi connectivity index (χ2v) is 6.16. The third-order valence-corrected chi connectivity index (χ3v) is 4.83. The minimum absolute atomic E-state index is 0.866. The van der Waals surface area contributed by atoms with Gasteiger partial charge in [0.1, 0.15) is 0 Å². The van der Waals surface area contributed by atoms with Gasteiger partial charge in [-0.3, -0.25) is 0 Å². The van der Waals surface area contributed by atoms with Crippen LogP contribution < -0.4 is 5.73 Å². The molecule has 2 N–H and O–H groups in total. The number of nitrogen functional groups attached to an aromatic ring is 1. The van der Waals surface area contributed by atoms with Gasteiger partial charge in [-0.1, -0.05) is 36.4 Å². The van der Waals surface area contributed by atoms with Gasteiger partial charge in [0, 0.05) is 26.7 Å². The van der Waals surface area contributed by atoms with Gasteiger partial charge in [-0.2, -0.15) is 0 Å². The average Bonchev–Trinajstić information content (AvgIpc) is 2.45. The zero-order valence-corrected chi connectivity index (χ0v) is 12.4. The van der Waals surface area contributed by atoms with Crippen molar-refractivity contribution in [3.63, 3.8) is 0 Å². The van der Waals surface area contributed by atoms with Crippen molar-refractivity contribution in [1.82, 2.24) is 0 Å². The van der Waals surface area contributed by atoms with E-state index in [2.05, 4.69) is 37.4 Å². The number of anilines is 1. The van der Waals surface area contributed by atoms with E-state index in [9.17, 15) is 0 Å². The van der Waals surface area contributed by atoms with Gasteiger partial charge >= 0.3 is 0 Å². The predicted octanol–water partition coefficient (Wildman–Crippen LogP) is 4.98. The molecule has 0 saturated carbocycles. The molecule has 0 fully saturated rings. The molecule has 0 aliphatic carbocycles. The molecular weight excluding hydrogens is 270 g/mol. The molecule has 1 nitrogen and oxygen atoms in total. The first kappa shape index (κ1) is 14.1. The highest BCUT2D eigenvalue weighted by atomic mass is 32.2. The molecule has 3 heteroatoms. The summed E-state index contributed by atoms with van der Waals surface area (Å²) in [6.07, 6.45) is 3.82. The van der Waals surface area contributed by atoms with Crippen LogP contribution >= 0.6 is 23.5 Å². The third kappa shape index (κ3) is 3.17. The Labute approximate surface area is 123 Å². The summed E-state index contributed by atoms with van der Waals surface area (Å²) in [5, 5.41) is 2.35. The molecule has 0 aliphatic heterocycles. The van der Waals surface area contributed by atoms with Crippen molar-refractivity contribution in [2.24, 2.45) is 0 Å². The van der Waals surface area contributed by atoms with E-state index in [1.54, 1.807) is 23.5 Å². The number of thioether (sulfide) groups is 2. The van der Waals surface area contributed by atoms with Crippen molar-refractivity contribution in [3.05, 3.63) is 55.6 Å². The standard InChI is InChI=1S/C16H17NS2/c1-3-9-18-14-11-15(19-10-4-2)16(17)13-8-6-5-7-12(13)14/h3-8,11H,1-2,9-10,17H2. The summed E-state index contributed by atoms with van der Waals surface area (Å²) in [4.78, 5) is 2.39. The summed E-state index contributed by atoms with van der Waals surface area (Å²) in [5.74, 6) is 1.77. The molecule has 0 spiro atoms. The maximum atomic E-state index is 6.27. The van der Waals surface area contributed by atoms with E-state index in [0.717, 1.165) is 27.5 Å². The first-order chi connectivity index (χ1) is 9.27. The fourth-order valence-electron chi connectivity index (χ4n) is 1.88. The Morgan fingerprint density at radius 3 is 2.16 bits per heavy atom. The Balaban J connectivity index is 2.54. The quantitative estimate of drug-likeness (QED) is 0.461. The molecule has 2 aromatic carbocycles. The van der Waals surface area contributed by atoms with Crippen LogP contribution in [0.1, 0.15) is 0 Å². The Morgan fingerprint density at radius 1 is 0.947 bits per heavy atom. The zero-order chi connectivity index (χ0) is 13.7. The van der Waals surface area contributed by atoms with Crippen LogP contribution in [0.2, 0.25) is 0 Å². The molecule has 19 heavy (non-hydrogen) atoms. The van der Waals surface area contributed by atoms with Crippen molar-refractivity contribution >= 4 is 40.0 Å². The van der Waals surface area contributed by atoms with E-state index >= 15 is 0 Å². The number of rotatable bonds is 6. The van der Waals surface area contributed by atoms with E-state index in [0.29, 0.717) is 0 Å². The van der Waals surface area contributed by atoms with Crippen LogP contribution in [-0.4, -0.2) is 11.5 Å². The minimum Gasteiger partial charge on any atom is -0.397 e. The van der Waals surface area contributed by atoms with Crippen LogP contribution in [0.3, 0.4) is 0 Å². The van der Waals surface area contributed by atoms with Crippen molar-refractivity contribution in [1.29, 1.82) is 0 Å². The topological polar surface area (TPSA) is 26.0 Å². The molecule has 0 atom stereocenters. The summed E-state index contributed by atoms with van der Waals surface area (Å²) in [6, 6.07) is 10.5. The lowest BCUT2D eigenvalue weighted by Gasteiger charge is -2.12. The second kappa shape index (κ2) is 6.73. The Morgan fingerprint density at radius 2 is 1.53 bits per heavy atom. The number of benzene rings is 2. The van der Waals surface area contributed by atoms with Gasteiger partial charge in [-0.15, -0.1) is 36.7 Å². The monoisotopic (exact) mass is 287 g/mol. The SMILES string of the molecule is C=CCSc1cc(SCC=C)c2ccccc2c1N. The first-order valence-corrected chi connectivity index (χ1v) is 8.03. The second-order valence-electron chi connectivity index (χ2n) is 4.03. The zero-order valence-electron chi connectivity index (χ0n) is 10.8. The lowest BCUT2D eigenvalue weighted by molar-refractivity contribution is 1.39. The highest BCUT2D eigenvalue weighted by Gasteiger charge is 2.09. The molecule has 2 aromatic rings. The van der Waals surface area contributed by atoms with Crippen LogP contribution in [0.5, 0.6) is 0 Å². The van der Waals surface area contributed by atoms with Gasteiger partial charge in [-0.25, -0.2) is 0 Å². The molecule has 0 saturated heterocycles. The summed E-state index contributed by atoms with van der Waals surface area (Å²) < 4.78 is 0. The van der Waals surface area contributed by atoms with E-state index in [-0.39, 0.29) is 0 Å². The molecule has 0 heterocycles. The van der Waals surface area contributed by atoms with Gasteiger partial charge in [-0.05, 0) is 11.5 Å². The molecule has 98 valence electrons. The largest absolute Gasteiger partial charge is 0.397 e. The van der Waals surface area contributed by atoms with Crippen LogP contribution in [-0.2, 0) is 0 Å². The Hall–Kier alpha value is -1.32. The van der Waals surface area contributed by atoms with Crippen LogP contribution in [0.4, 0.5) is 5.69 Å². The lowest BCUT2D eigenvalue weighted by atomic mass is 10.1. The van der Waals surface area contributed by atoms with Gasteiger partial charge in [0.25, 0.3) is 0 Å². The van der Waals surface area contributed by atoms with Crippen molar-refractivity contribution in [2.45, 2.75) is 9.79 Å². The maximum Gasteiger partial charge on any atom is 0.0532 e. The molecule has 0 bridgehead atoms. The molecule has 0 aromatic heterocycles. The van der Waals surface area contributed by atoms with Gasteiger partial charge in [0.2, 0.25) is 0 Å². The molecule has 2 rings (SSSR count). The van der Waals surface area contributed by atoms with Crippen LogP contribution in [0.25, 0.3) is 10.8 Å². The number of fused-ring (bicyclic) bond motifs is 1. The molecule has 0 amide bonds. The van der Waals surface area contributed by atoms with Crippen molar-refractivity contribution in [2.75, 3.05) is 17.2 Å². The van der Waals surface area contributed by atoms with E-state index in [4.69, 9.17) is 5.73 Å². The highest BCUT2D eigenvalue weighted by Crippen LogP contribution is 2.38. The normalized spacial score (nSPS) is 10.5. The van der Waals surface area contributed by atoms with Gasteiger partial charge in [0.05, 0.1) is 5.69 Å². The Kier molecular flexibility index (Phi) is 5.00. The van der Waals surface area contributed by atoms with Crippen LogP contribution in [0, 0.1) is 0 Å². The third-order valence-electron chi connectivity index (χ3n) is 2.72. The number of nitrogens with two attached hydrogens (primary N) is 1. The molecule has 0 aliphatic rings. The summed E-state index contributed by atoms with van der Waals surface area (Å²) >= 11 is 3.52. The van der Waals surface area contributed by atoms with E-state index in [1.807, 2.05) is 18.2 Å². The predicted molar refractivity (Wildman–Crippen MR) is 90.2 cm³/mol. The number of hydrogen-bond donors (Lipinski definition) is 1. The number of hydrogen-bond acceptors (Lipinski definition) is 3. The molecule has 0 unspecified atom stereocenters. The smallest absolute Gasteiger partial charge is 0.0532 e. The Bertz CT molecular complexity index is 605. The minimum atomic E-state index is 0.866. The van der Waals surface area contributed by atoms with E-state index < -0.39 is 0 Å². The highest BCUT2D eigenvalue weighted by molar-refractivity contribution is 8.00. The lowest BCUT2D eigenvalue weighted by Crippen LogP contribution is -1.93. The average molecular weight is 287 g/mol. The maximum absolute atomic E-state index is 6.27. The van der Waals surface area contributed by atoms with Crippen molar-refractivity contribution < 1.29 is 0 Å². The van der Waals surface area contributed by atoms with Gasteiger partial charge < -0.3 is 5.73 Å². The fraction of sp³-hybridized carbons (Fsp3) is 0.125. The molecule has 0 radical (unpaired) electrons. The van der Waals surface area contributed by atoms with E-state index in [1.165, 1.54) is 10.3 Å². The fourth-order valence-corrected chi connectivity index (χ4v) is 3.55. The van der Waals surface area contributed by atoms with Crippen LogP contribution in [0.15, 0.2) is 65.4 Å². The first-order valence-electron chi connectivity index (χ1n) is 6.06. The summed E-state index contributed by atoms with van der Waals surface area (Å²) in [6.45, 7) is 7.54. The van der Waals surface area contributed by atoms with Crippen molar-refractivity contribution in [3.8, 4) is 0 Å². The van der Waals surface area contributed by atoms with Gasteiger partial charge in [0.15, 0.2) is 0 Å². The summed E-state index contributed by atoms with van der Waals surface area (Å²) in [5.41, 5.74) is 7.14.